The summed E-state index contributed by atoms with van der Waals surface area (Å²) in [5.74, 6) is 0. The molecule has 1 saturated carbocycles. The second-order valence-electron chi connectivity index (χ2n) is 9.62. The predicted octanol–water partition coefficient (Wildman–Crippen LogP) is 6.23. The minimum atomic E-state index is 0. The first-order valence-corrected chi connectivity index (χ1v) is 9.03. The first-order valence-electron chi connectivity index (χ1n) is 9.03. The van der Waals surface area contributed by atoms with E-state index < -0.39 is 0 Å². The summed E-state index contributed by atoms with van der Waals surface area (Å²) in [6.07, 6.45) is 12.1. The van der Waals surface area contributed by atoms with Crippen molar-refractivity contribution in [3.8, 4) is 0 Å². The fourth-order valence-corrected chi connectivity index (χ4v) is 5.52. The zero-order valence-corrected chi connectivity index (χ0v) is 16.6. The lowest BCUT2D eigenvalue weighted by molar-refractivity contribution is -0.0546. The van der Waals surface area contributed by atoms with Gasteiger partial charge < -0.3 is 0 Å². The van der Waals surface area contributed by atoms with Crippen LogP contribution >= 0.6 is 12.4 Å². The second kappa shape index (κ2) is 7.26. The van der Waals surface area contributed by atoms with Gasteiger partial charge in [0, 0.05) is 5.54 Å². The van der Waals surface area contributed by atoms with E-state index in [9.17, 15) is 0 Å². The number of piperidine rings is 1. The van der Waals surface area contributed by atoms with Gasteiger partial charge in [-0.15, -0.1) is 12.4 Å². The van der Waals surface area contributed by atoms with Gasteiger partial charge in [-0.25, -0.2) is 0 Å². The van der Waals surface area contributed by atoms with Gasteiger partial charge >= 0.3 is 0 Å². The largest absolute Gasteiger partial charge is 0.297 e. The molecule has 2 rings (SSSR count). The zero-order valence-electron chi connectivity index (χ0n) is 15.8. The van der Waals surface area contributed by atoms with E-state index in [2.05, 4.69) is 52.5 Å². The van der Waals surface area contributed by atoms with Crippen LogP contribution in [0.25, 0.3) is 0 Å². The third kappa shape index (κ3) is 4.99. The van der Waals surface area contributed by atoms with Crippen molar-refractivity contribution in [2.24, 2.45) is 10.8 Å². The summed E-state index contributed by atoms with van der Waals surface area (Å²) < 4.78 is 0. The van der Waals surface area contributed by atoms with Crippen LogP contribution in [0.1, 0.15) is 86.5 Å². The Labute approximate surface area is 145 Å². The van der Waals surface area contributed by atoms with Crippen molar-refractivity contribution in [2.75, 3.05) is 13.1 Å². The molecule has 1 aliphatic heterocycles. The monoisotopic (exact) mass is 327 g/mol. The Morgan fingerprint density at radius 1 is 0.864 bits per heavy atom. The number of hydrogen-bond acceptors (Lipinski definition) is 1. The molecule has 1 aliphatic carbocycles. The number of nitrogens with zero attached hydrogens (tertiary/aromatic N) is 1. The molecule has 0 bridgehead atoms. The van der Waals surface area contributed by atoms with Gasteiger partial charge in [0.05, 0.1) is 0 Å². The summed E-state index contributed by atoms with van der Waals surface area (Å²) in [4.78, 5) is 2.87. The lowest BCUT2D eigenvalue weighted by atomic mass is 9.57. The molecule has 22 heavy (non-hydrogen) atoms. The molecule has 0 amide bonds. The maximum absolute atomic E-state index is 2.87. The zero-order chi connectivity index (χ0) is 15.7. The van der Waals surface area contributed by atoms with Crippen molar-refractivity contribution in [2.45, 2.75) is 92.0 Å². The van der Waals surface area contributed by atoms with Crippen molar-refractivity contribution in [1.82, 2.24) is 4.90 Å². The summed E-state index contributed by atoms with van der Waals surface area (Å²) in [5.41, 5.74) is 2.82. The Morgan fingerprint density at radius 3 is 1.82 bits per heavy atom. The fourth-order valence-electron chi connectivity index (χ4n) is 5.52. The standard InChI is InChI=1S/C20H37N.ClH/c1-17(2)10-11-20(21-12-8-7-9-13-21)15-18(3,4)14-19(5,6)16-20;/h10H,7-9,11-16H2,1-6H3;1H. The number of rotatable bonds is 3. The van der Waals surface area contributed by atoms with Gasteiger partial charge in [-0.05, 0) is 76.3 Å². The average molecular weight is 328 g/mol. The van der Waals surface area contributed by atoms with Crippen LogP contribution in [0.5, 0.6) is 0 Å². The highest BCUT2D eigenvalue weighted by Gasteiger charge is 2.49. The molecule has 1 heterocycles. The smallest absolute Gasteiger partial charge is 0.0254 e. The minimum Gasteiger partial charge on any atom is -0.297 e. The predicted molar refractivity (Wildman–Crippen MR) is 101 cm³/mol. The van der Waals surface area contributed by atoms with Gasteiger partial charge in [0.25, 0.3) is 0 Å². The van der Waals surface area contributed by atoms with E-state index in [-0.39, 0.29) is 12.4 Å². The molecular weight excluding hydrogens is 290 g/mol. The highest BCUT2D eigenvalue weighted by Crippen LogP contribution is 2.54. The molecule has 0 N–H and O–H groups in total. The molecule has 0 atom stereocenters. The first-order chi connectivity index (χ1) is 9.64. The Bertz CT molecular complexity index is 369. The van der Waals surface area contributed by atoms with Crippen molar-refractivity contribution >= 4 is 12.4 Å². The van der Waals surface area contributed by atoms with E-state index in [1.807, 2.05) is 0 Å². The molecule has 130 valence electrons. The highest BCUT2D eigenvalue weighted by molar-refractivity contribution is 5.85. The van der Waals surface area contributed by atoms with E-state index in [0.717, 1.165) is 0 Å². The Balaban J connectivity index is 0.00000242. The van der Waals surface area contributed by atoms with E-state index in [0.29, 0.717) is 16.4 Å². The van der Waals surface area contributed by atoms with Gasteiger partial charge in [-0.2, -0.15) is 0 Å². The molecule has 2 heteroatoms. The van der Waals surface area contributed by atoms with Crippen LogP contribution in [0, 0.1) is 10.8 Å². The van der Waals surface area contributed by atoms with E-state index in [4.69, 9.17) is 0 Å². The normalized spacial score (nSPS) is 26.8. The van der Waals surface area contributed by atoms with Gasteiger partial charge in [-0.3, -0.25) is 4.90 Å². The van der Waals surface area contributed by atoms with Crippen LogP contribution in [0.2, 0.25) is 0 Å². The van der Waals surface area contributed by atoms with Crippen LogP contribution in [0.3, 0.4) is 0 Å². The highest BCUT2D eigenvalue weighted by atomic mass is 35.5. The van der Waals surface area contributed by atoms with Crippen molar-refractivity contribution in [3.63, 3.8) is 0 Å². The van der Waals surface area contributed by atoms with Crippen molar-refractivity contribution in [1.29, 1.82) is 0 Å². The lowest BCUT2D eigenvalue weighted by Crippen LogP contribution is -2.58. The quantitative estimate of drug-likeness (QED) is 0.556. The van der Waals surface area contributed by atoms with Crippen LogP contribution in [0.4, 0.5) is 0 Å². The third-order valence-electron chi connectivity index (χ3n) is 5.49. The van der Waals surface area contributed by atoms with Crippen LogP contribution in [-0.4, -0.2) is 23.5 Å². The third-order valence-corrected chi connectivity index (χ3v) is 5.49. The van der Waals surface area contributed by atoms with Crippen molar-refractivity contribution in [3.05, 3.63) is 11.6 Å². The lowest BCUT2D eigenvalue weighted by Gasteiger charge is -2.57. The van der Waals surface area contributed by atoms with Gasteiger partial charge in [0.1, 0.15) is 0 Å². The molecule has 0 aromatic carbocycles. The van der Waals surface area contributed by atoms with Gasteiger partial charge in [-0.1, -0.05) is 45.8 Å². The maximum atomic E-state index is 2.87. The topological polar surface area (TPSA) is 3.24 Å². The first kappa shape index (κ1) is 20.0. The maximum Gasteiger partial charge on any atom is 0.0254 e. The molecule has 2 fully saturated rings. The molecule has 1 saturated heterocycles. The Hall–Kier alpha value is -0.0100. The Morgan fingerprint density at radius 2 is 1.36 bits per heavy atom. The number of likely N-dealkylation sites (tertiary alicyclic amines) is 1. The summed E-state index contributed by atoms with van der Waals surface area (Å²) >= 11 is 0. The number of allylic oxidation sites excluding steroid dienone is 1. The van der Waals surface area contributed by atoms with E-state index in [1.165, 1.54) is 63.6 Å². The SMILES string of the molecule is CC(C)=CCC1(N2CCCCC2)CC(C)(C)CC(C)(C)C1.Cl. The molecule has 2 aliphatic rings. The fraction of sp³-hybridized carbons (Fsp3) is 0.900. The number of hydrogen-bond donors (Lipinski definition) is 0. The molecular formula is C20H38ClN. The summed E-state index contributed by atoms with van der Waals surface area (Å²) in [6.45, 7) is 17.1. The summed E-state index contributed by atoms with van der Waals surface area (Å²) in [5, 5.41) is 0. The van der Waals surface area contributed by atoms with Crippen LogP contribution in [0.15, 0.2) is 11.6 Å². The molecule has 0 aromatic heterocycles. The molecule has 0 unspecified atom stereocenters. The van der Waals surface area contributed by atoms with Crippen LogP contribution < -0.4 is 0 Å². The van der Waals surface area contributed by atoms with Crippen LogP contribution in [-0.2, 0) is 0 Å². The second-order valence-corrected chi connectivity index (χ2v) is 9.62. The Kier molecular flexibility index (Phi) is 6.61. The number of halogens is 1. The minimum absolute atomic E-state index is 0. The molecule has 0 aromatic rings. The van der Waals surface area contributed by atoms with E-state index >= 15 is 0 Å². The molecule has 1 nitrogen and oxygen atoms in total. The van der Waals surface area contributed by atoms with E-state index in [1.54, 1.807) is 0 Å². The van der Waals surface area contributed by atoms with Crippen molar-refractivity contribution < 1.29 is 0 Å². The molecule has 0 spiro atoms. The summed E-state index contributed by atoms with van der Waals surface area (Å²) in [6, 6.07) is 0. The molecule has 0 radical (unpaired) electrons. The average Bonchev–Trinajstić information content (AvgIpc) is 2.34. The van der Waals surface area contributed by atoms with Gasteiger partial charge in [0.15, 0.2) is 0 Å². The van der Waals surface area contributed by atoms with Gasteiger partial charge in [0.2, 0.25) is 0 Å². The summed E-state index contributed by atoms with van der Waals surface area (Å²) in [7, 11) is 0.